The van der Waals surface area contributed by atoms with Crippen LogP contribution in [0.15, 0.2) is 30.6 Å². The third-order valence-corrected chi connectivity index (χ3v) is 4.01. The summed E-state index contributed by atoms with van der Waals surface area (Å²) in [5.41, 5.74) is 2.03. The number of benzene rings is 1. The van der Waals surface area contributed by atoms with E-state index in [1.165, 1.54) is 19.3 Å². The zero-order chi connectivity index (χ0) is 13.8. The van der Waals surface area contributed by atoms with Gasteiger partial charge in [0.25, 0.3) is 0 Å². The monoisotopic (exact) mass is 274 g/mol. The summed E-state index contributed by atoms with van der Waals surface area (Å²) in [4.78, 5) is 4.33. The molecule has 0 saturated heterocycles. The molecule has 0 spiro atoms. The van der Waals surface area contributed by atoms with Crippen LogP contribution >= 0.6 is 0 Å². The van der Waals surface area contributed by atoms with Gasteiger partial charge >= 0.3 is 0 Å². The lowest BCUT2D eigenvalue weighted by Gasteiger charge is -2.23. The molecule has 1 aromatic heterocycles. The highest BCUT2D eigenvalue weighted by molar-refractivity contribution is 5.74. The first kappa shape index (κ1) is 13.6. The molecule has 1 N–H and O–H groups in total. The lowest BCUT2D eigenvalue weighted by atomic mass is 9.98. The van der Waals surface area contributed by atoms with Gasteiger partial charge in [-0.15, -0.1) is 0 Å². The zero-order valence-corrected chi connectivity index (χ0v) is 11.7. The maximum Gasteiger partial charge on any atom is 0.0959 e. The number of aliphatic hydroxyl groups excluding tert-OH is 1. The lowest BCUT2D eigenvalue weighted by molar-refractivity contribution is -0.0280. The number of aliphatic hydroxyl groups is 1. The molecule has 108 valence electrons. The molecule has 1 heterocycles. The van der Waals surface area contributed by atoms with E-state index in [4.69, 9.17) is 4.74 Å². The lowest BCUT2D eigenvalue weighted by Crippen LogP contribution is -2.26. The van der Waals surface area contributed by atoms with E-state index in [0.29, 0.717) is 19.3 Å². The van der Waals surface area contributed by atoms with Crippen molar-refractivity contribution < 1.29 is 9.84 Å². The zero-order valence-electron chi connectivity index (χ0n) is 11.7. The number of ether oxygens (including phenoxy) is 1. The Balaban J connectivity index is 1.54. The highest BCUT2D eigenvalue weighted by Gasteiger charge is 2.16. The number of fused-ring (bicyclic) bond motifs is 1. The van der Waals surface area contributed by atoms with Crippen LogP contribution in [0.3, 0.4) is 0 Å². The first-order valence-electron chi connectivity index (χ1n) is 7.52. The molecule has 4 nitrogen and oxygen atoms in total. The third-order valence-electron chi connectivity index (χ3n) is 4.01. The summed E-state index contributed by atoms with van der Waals surface area (Å²) in [5, 5.41) is 10.1. The molecular formula is C16H22N2O2. The van der Waals surface area contributed by atoms with Gasteiger partial charge in [-0.25, -0.2) is 4.98 Å². The highest BCUT2D eigenvalue weighted by atomic mass is 16.5. The van der Waals surface area contributed by atoms with Crippen LogP contribution in [0, 0.1) is 0 Å². The minimum Gasteiger partial charge on any atom is -0.389 e. The molecule has 0 bridgehead atoms. The predicted molar refractivity (Wildman–Crippen MR) is 78.6 cm³/mol. The molecule has 20 heavy (non-hydrogen) atoms. The van der Waals surface area contributed by atoms with Crippen LogP contribution in [0.25, 0.3) is 11.0 Å². The van der Waals surface area contributed by atoms with Crippen molar-refractivity contribution in [2.75, 3.05) is 6.61 Å². The van der Waals surface area contributed by atoms with Crippen LogP contribution in [-0.2, 0) is 11.3 Å². The quantitative estimate of drug-likeness (QED) is 0.912. The molecule has 0 aliphatic heterocycles. The van der Waals surface area contributed by atoms with Crippen LogP contribution in [-0.4, -0.2) is 33.5 Å². The second kappa shape index (κ2) is 6.37. The van der Waals surface area contributed by atoms with E-state index in [2.05, 4.69) is 4.98 Å². The molecule has 0 radical (unpaired) electrons. The molecule has 1 saturated carbocycles. The van der Waals surface area contributed by atoms with Gasteiger partial charge in [-0.2, -0.15) is 0 Å². The fourth-order valence-corrected chi connectivity index (χ4v) is 2.91. The normalized spacial score (nSPS) is 18.4. The minimum absolute atomic E-state index is 0.345. The number of hydrogen-bond donors (Lipinski definition) is 1. The Morgan fingerprint density at radius 2 is 2.05 bits per heavy atom. The molecule has 1 aliphatic carbocycles. The number of nitrogens with zero attached hydrogens (tertiary/aromatic N) is 2. The Kier molecular flexibility index (Phi) is 4.33. The Labute approximate surface area is 119 Å². The van der Waals surface area contributed by atoms with Gasteiger partial charge in [-0.3, -0.25) is 0 Å². The number of para-hydroxylation sites is 2. The molecule has 4 heteroatoms. The topological polar surface area (TPSA) is 47.3 Å². The largest absolute Gasteiger partial charge is 0.389 e. The van der Waals surface area contributed by atoms with Crippen LogP contribution < -0.4 is 0 Å². The fourth-order valence-electron chi connectivity index (χ4n) is 2.91. The van der Waals surface area contributed by atoms with Crippen molar-refractivity contribution in [2.45, 2.75) is 50.9 Å². The maximum atomic E-state index is 10.1. The number of rotatable bonds is 5. The average molecular weight is 274 g/mol. The van der Waals surface area contributed by atoms with Crippen molar-refractivity contribution in [1.29, 1.82) is 0 Å². The molecule has 1 aromatic carbocycles. The van der Waals surface area contributed by atoms with Gasteiger partial charge in [0.1, 0.15) is 0 Å². The Hall–Kier alpha value is -1.39. The first-order chi connectivity index (χ1) is 9.83. The number of aromatic nitrogens is 2. The first-order valence-corrected chi connectivity index (χ1v) is 7.52. The number of hydrogen-bond acceptors (Lipinski definition) is 3. The second-order valence-electron chi connectivity index (χ2n) is 5.63. The molecule has 3 rings (SSSR count). The minimum atomic E-state index is -0.477. The summed E-state index contributed by atoms with van der Waals surface area (Å²) in [6.07, 6.45) is 7.77. The summed E-state index contributed by atoms with van der Waals surface area (Å²) < 4.78 is 7.81. The van der Waals surface area contributed by atoms with E-state index in [9.17, 15) is 5.11 Å². The molecule has 2 aromatic rings. The molecular weight excluding hydrogens is 252 g/mol. The van der Waals surface area contributed by atoms with E-state index in [1.54, 1.807) is 6.33 Å². The van der Waals surface area contributed by atoms with E-state index in [1.807, 2.05) is 28.8 Å². The van der Waals surface area contributed by atoms with Gasteiger partial charge in [-0.1, -0.05) is 31.4 Å². The highest BCUT2D eigenvalue weighted by Crippen LogP contribution is 2.20. The molecule has 1 atom stereocenters. The molecule has 1 unspecified atom stereocenters. The molecule has 0 amide bonds. The standard InChI is InChI=1S/C16H22N2O2/c19-13(11-20-14-6-2-1-3-7-14)10-18-12-17-15-8-4-5-9-16(15)18/h4-5,8-9,12-14,19H,1-3,6-7,10-11H2. The molecule has 1 aliphatic rings. The summed E-state index contributed by atoms with van der Waals surface area (Å²) in [7, 11) is 0. The number of imidazole rings is 1. The van der Waals surface area contributed by atoms with E-state index in [-0.39, 0.29) is 0 Å². The summed E-state index contributed by atoms with van der Waals surface area (Å²) in [6, 6.07) is 7.97. The van der Waals surface area contributed by atoms with Gasteiger partial charge in [0.05, 0.1) is 42.7 Å². The fraction of sp³-hybridized carbons (Fsp3) is 0.562. The van der Waals surface area contributed by atoms with E-state index < -0.39 is 6.10 Å². The van der Waals surface area contributed by atoms with Crippen molar-refractivity contribution in [2.24, 2.45) is 0 Å². The van der Waals surface area contributed by atoms with Crippen LogP contribution in [0.2, 0.25) is 0 Å². The van der Waals surface area contributed by atoms with Crippen LogP contribution in [0.5, 0.6) is 0 Å². The van der Waals surface area contributed by atoms with Gasteiger partial charge in [0.2, 0.25) is 0 Å². The third kappa shape index (κ3) is 3.19. The van der Waals surface area contributed by atoms with Crippen molar-refractivity contribution in [3.8, 4) is 0 Å². The Bertz CT molecular complexity index is 546. The SMILES string of the molecule is OC(COC1CCCCC1)Cn1cnc2ccccc21. The van der Waals surface area contributed by atoms with Crippen molar-refractivity contribution in [1.82, 2.24) is 9.55 Å². The van der Waals surface area contributed by atoms with E-state index in [0.717, 1.165) is 23.9 Å². The van der Waals surface area contributed by atoms with Crippen molar-refractivity contribution in [3.05, 3.63) is 30.6 Å². The summed E-state index contributed by atoms with van der Waals surface area (Å²) in [6.45, 7) is 0.949. The summed E-state index contributed by atoms with van der Waals surface area (Å²) in [5.74, 6) is 0. The van der Waals surface area contributed by atoms with Gasteiger partial charge in [-0.05, 0) is 25.0 Å². The van der Waals surface area contributed by atoms with Crippen molar-refractivity contribution >= 4 is 11.0 Å². The Morgan fingerprint density at radius 1 is 1.25 bits per heavy atom. The van der Waals surface area contributed by atoms with Crippen LogP contribution in [0.4, 0.5) is 0 Å². The Morgan fingerprint density at radius 3 is 2.90 bits per heavy atom. The van der Waals surface area contributed by atoms with Gasteiger partial charge in [0.15, 0.2) is 0 Å². The second-order valence-corrected chi connectivity index (χ2v) is 5.63. The molecule has 1 fully saturated rings. The van der Waals surface area contributed by atoms with Gasteiger partial charge < -0.3 is 14.4 Å². The van der Waals surface area contributed by atoms with E-state index >= 15 is 0 Å². The summed E-state index contributed by atoms with van der Waals surface area (Å²) >= 11 is 0. The van der Waals surface area contributed by atoms with Crippen LogP contribution in [0.1, 0.15) is 32.1 Å². The predicted octanol–water partition coefficient (Wildman–Crippen LogP) is 2.75. The van der Waals surface area contributed by atoms with Gasteiger partial charge in [0, 0.05) is 0 Å². The smallest absolute Gasteiger partial charge is 0.0959 e. The maximum absolute atomic E-state index is 10.1. The average Bonchev–Trinajstić information content (AvgIpc) is 2.90. The van der Waals surface area contributed by atoms with Crippen molar-refractivity contribution in [3.63, 3.8) is 0 Å².